The molecular weight excluding hydrogens is 520 g/mol. The van der Waals surface area contributed by atoms with E-state index in [1.165, 1.54) is 6.07 Å². The molecule has 0 unspecified atom stereocenters. The Morgan fingerprint density at radius 1 is 0.824 bits per heavy atom. The molecule has 0 aliphatic carbocycles. The van der Waals surface area contributed by atoms with Crippen LogP contribution in [0.3, 0.4) is 0 Å². The molecule has 0 saturated heterocycles. The molecule has 1 aliphatic rings. The maximum absolute atomic E-state index is 13.0. The summed E-state index contributed by atoms with van der Waals surface area (Å²) in [6.07, 6.45) is 0. The van der Waals surface area contributed by atoms with Gasteiger partial charge in [-0.1, -0.05) is 58.5 Å². The Balaban J connectivity index is 1.59. The molecule has 4 rings (SSSR count). The van der Waals surface area contributed by atoms with E-state index in [2.05, 4.69) is 10.6 Å². The van der Waals surface area contributed by atoms with Crippen molar-refractivity contribution in [2.75, 3.05) is 15.5 Å². The van der Waals surface area contributed by atoms with Gasteiger partial charge in [0.15, 0.2) is 0 Å². The SMILES string of the molecule is Cc1ccc(C(=O)Nc2cc(Cl)cc(Cl)c2)cc1NC1=C(Cl)C(=O)N(c2cccc(Cl)c2)C1=O. The highest BCUT2D eigenvalue weighted by Crippen LogP contribution is 2.32. The van der Waals surface area contributed by atoms with E-state index in [1.807, 2.05) is 0 Å². The number of benzene rings is 3. The first-order valence-corrected chi connectivity index (χ1v) is 11.3. The Labute approximate surface area is 215 Å². The zero-order chi connectivity index (χ0) is 24.6. The van der Waals surface area contributed by atoms with E-state index in [0.717, 1.165) is 10.5 Å². The number of carbonyl (C=O) groups excluding carboxylic acids is 3. The Morgan fingerprint density at radius 2 is 1.53 bits per heavy atom. The fourth-order valence-electron chi connectivity index (χ4n) is 3.32. The maximum Gasteiger partial charge on any atom is 0.283 e. The smallest absolute Gasteiger partial charge is 0.283 e. The number of hydrogen-bond donors (Lipinski definition) is 2. The van der Waals surface area contributed by atoms with Gasteiger partial charge in [-0.15, -0.1) is 0 Å². The van der Waals surface area contributed by atoms with Crippen molar-refractivity contribution >= 4 is 81.2 Å². The van der Waals surface area contributed by atoms with Crippen molar-refractivity contribution in [3.05, 3.63) is 97.6 Å². The summed E-state index contributed by atoms with van der Waals surface area (Å²) in [4.78, 5) is 39.4. The van der Waals surface area contributed by atoms with Crippen LogP contribution in [0, 0.1) is 6.92 Å². The molecule has 1 heterocycles. The third-order valence-corrected chi connectivity index (χ3v) is 6.00. The third kappa shape index (κ3) is 4.91. The van der Waals surface area contributed by atoms with E-state index in [4.69, 9.17) is 46.4 Å². The second-order valence-electron chi connectivity index (χ2n) is 7.38. The van der Waals surface area contributed by atoms with Crippen LogP contribution in [-0.4, -0.2) is 17.7 Å². The van der Waals surface area contributed by atoms with Crippen molar-refractivity contribution in [3.8, 4) is 0 Å². The number of hydrogen-bond acceptors (Lipinski definition) is 4. The highest BCUT2D eigenvalue weighted by molar-refractivity contribution is 6.53. The number of halogens is 4. The van der Waals surface area contributed by atoms with Gasteiger partial charge in [0.1, 0.15) is 10.7 Å². The summed E-state index contributed by atoms with van der Waals surface area (Å²) in [5, 5.41) is 6.49. The highest BCUT2D eigenvalue weighted by atomic mass is 35.5. The largest absolute Gasteiger partial charge is 0.349 e. The number of aryl methyl sites for hydroxylation is 1. The normalized spacial score (nSPS) is 13.5. The number of carbonyl (C=O) groups is 3. The van der Waals surface area contributed by atoms with Gasteiger partial charge in [0.2, 0.25) is 0 Å². The predicted octanol–water partition coefficient (Wildman–Crippen LogP) is 6.64. The topological polar surface area (TPSA) is 78.5 Å². The minimum absolute atomic E-state index is 0.103. The average Bonchev–Trinajstić information content (AvgIpc) is 2.97. The molecule has 0 fully saturated rings. The molecule has 3 aromatic rings. The van der Waals surface area contributed by atoms with Crippen LogP contribution in [0.15, 0.2) is 71.4 Å². The average molecular weight is 535 g/mol. The van der Waals surface area contributed by atoms with Crippen molar-refractivity contribution in [1.82, 2.24) is 0 Å². The molecule has 172 valence electrons. The Bertz CT molecular complexity index is 1370. The van der Waals surface area contributed by atoms with Crippen LogP contribution in [-0.2, 0) is 9.59 Å². The van der Waals surface area contributed by atoms with Crippen molar-refractivity contribution in [3.63, 3.8) is 0 Å². The monoisotopic (exact) mass is 533 g/mol. The van der Waals surface area contributed by atoms with Gasteiger partial charge in [-0.05, 0) is 61.0 Å². The number of rotatable bonds is 5. The molecule has 0 radical (unpaired) electrons. The first-order valence-electron chi connectivity index (χ1n) is 9.83. The third-order valence-electron chi connectivity index (χ3n) is 4.97. The van der Waals surface area contributed by atoms with E-state index in [9.17, 15) is 14.4 Å². The summed E-state index contributed by atoms with van der Waals surface area (Å²) in [6, 6.07) is 15.9. The number of nitrogens with one attached hydrogen (secondary N) is 2. The van der Waals surface area contributed by atoms with Crippen LogP contribution < -0.4 is 15.5 Å². The molecule has 0 spiro atoms. The molecule has 0 bridgehead atoms. The molecule has 0 aromatic heterocycles. The van der Waals surface area contributed by atoms with E-state index < -0.39 is 17.7 Å². The van der Waals surface area contributed by atoms with Crippen LogP contribution in [0.2, 0.25) is 15.1 Å². The lowest BCUT2D eigenvalue weighted by Gasteiger charge is -2.16. The lowest BCUT2D eigenvalue weighted by atomic mass is 10.1. The second kappa shape index (κ2) is 9.68. The lowest BCUT2D eigenvalue weighted by Crippen LogP contribution is -2.32. The summed E-state index contributed by atoms with van der Waals surface area (Å²) in [6.45, 7) is 1.78. The first-order chi connectivity index (χ1) is 16.1. The van der Waals surface area contributed by atoms with Gasteiger partial charge >= 0.3 is 0 Å². The van der Waals surface area contributed by atoms with E-state index in [-0.39, 0.29) is 10.7 Å². The van der Waals surface area contributed by atoms with Gasteiger partial charge in [0.05, 0.1) is 5.69 Å². The predicted molar refractivity (Wildman–Crippen MR) is 136 cm³/mol. The molecule has 3 amide bonds. The van der Waals surface area contributed by atoms with Gasteiger partial charge in [-0.2, -0.15) is 0 Å². The summed E-state index contributed by atoms with van der Waals surface area (Å²) in [7, 11) is 0. The van der Waals surface area contributed by atoms with Gasteiger partial charge in [0.25, 0.3) is 17.7 Å². The standard InChI is InChI=1S/C24H15Cl4N3O3/c1-12-5-6-13(22(32)29-17-9-15(26)8-16(27)10-17)7-19(12)30-21-20(28)23(33)31(24(21)34)18-4-2-3-14(25)11-18/h2-11,30H,1H3,(H,29,32). The molecule has 10 heteroatoms. The van der Waals surface area contributed by atoms with Crippen molar-refractivity contribution < 1.29 is 14.4 Å². The first kappa shape index (κ1) is 24.1. The molecule has 34 heavy (non-hydrogen) atoms. The highest BCUT2D eigenvalue weighted by Gasteiger charge is 2.39. The van der Waals surface area contributed by atoms with E-state index in [0.29, 0.717) is 37.7 Å². The minimum Gasteiger partial charge on any atom is -0.349 e. The quantitative estimate of drug-likeness (QED) is 0.359. The van der Waals surface area contributed by atoms with E-state index >= 15 is 0 Å². The minimum atomic E-state index is -0.680. The lowest BCUT2D eigenvalue weighted by molar-refractivity contribution is -0.120. The van der Waals surface area contributed by atoms with Crippen LogP contribution in [0.25, 0.3) is 0 Å². The fraction of sp³-hybridized carbons (Fsp3) is 0.0417. The van der Waals surface area contributed by atoms with Crippen molar-refractivity contribution in [2.45, 2.75) is 6.92 Å². The van der Waals surface area contributed by atoms with Crippen molar-refractivity contribution in [2.24, 2.45) is 0 Å². The van der Waals surface area contributed by atoms with Gasteiger partial charge < -0.3 is 10.6 Å². The molecule has 2 N–H and O–H groups in total. The van der Waals surface area contributed by atoms with Gasteiger partial charge in [-0.25, -0.2) is 4.90 Å². The number of imide groups is 1. The van der Waals surface area contributed by atoms with E-state index in [1.54, 1.807) is 61.5 Å². The molecule has 3 aromatic carbocycles. The van der Waals surface area contributed by atoms with Gasteiger partial charge in [-0.3, -0.25) is 14.4 Å². The summed E-state index contributed by atoms with van der Waals surface area (Å²) >= 11 is 24.2. The number of amides is 3. The molecule has 6 nitrogen and oxygen atoms in total. The van der Waals surface area contributed by atoms with Crippen LogP contribution in [0.1, 0.15) is 15.9 Å². The van der Waals surface area contributed by atoms with Crippen LogP contribution >= 0.6 is 46.4 Å². The molecule has 1 aliphatic heterocycles. The zero-order valence-electron chi connectivity index (χ0n) is 17.5. The Kier molecular flexibility index (Phi) is 6.86. The second-order valence-corrected chi connectivity index (χ2v) is 9.07. The number of nitrogens with zero attached hydrogens (tertiary/aromatic N) is 1. The molecule has 0 saturated carbocycles. The Hall–Kier alpha value is -3.03. The summed E-state index contributed by atoms with van der Waals surface area (Å²) in [5.74, 6) is -1.74. The van der Waals surface area contributed by atoms with Crippen molar-refractivity contribution in [1.29, 1.82) is 0 Å². The Morgan fingerprint density at radius 3 is 2.21 bits per heavy atom. The zero-order valence-corrected chi connectivity index (χ0v) is 20.5. The maximum atomic E-state index is 13.0. The molecular formula is C24H15Cl4N3O3. The summed E-state index contributed by atoms with van der Waals surface area (Å²) in [5.41, 5.74) is 2.07. The van der Waals surface area contributed by atoms with Gasteiger partial charge in [0, 0.05) is 32.0 Å². The fourth-order valence-corrected chi connectivity index (χ4v) is 4.25. The molecule has 0 atom stereocenters. The summed E-state index contributed by atoms with van der Waals surface area (Å²) < 4.78 is 0. The van der Waals surface area contributed by atoms with Crippen LogP contribution in [0.5, 0.6) is 0 Å². The number of anilines is 3. The van der Waals surface area contributed by atoms with Crippen LogP contribution in [0.4, 0.5) is 17.1 Å².